The van der Waals surface area contributed by atoms with Crippen LogP contribution in [-0.4, -0.2) is 0 Å². The standard InChI is InChI=1S/C12H18.C12H14.CH4/c2*1-4-5-11-6-8-12(9-7-11)10(2)3;/h6-10H,4-5H2,1-3H3;6-10H,1-3H3;1H4. The zero-order valence-corrected chi connectivity index (χ0v) is 16.2. The van der Waals surface area contributed by atoms with Crippen LogP contribution in [0.4, 0.5) is 0 Å². The Labute approximate surface area is 156 Å². The Bertz CT molecular complexity index is 631. The minimum atomic E-state index is 0. The van der Waals surface area contributed by atoms with Crippen molar-refractivity contribution in [1.29, 1.82) is 0 Å². The van der Waals surface area contributed by atoms with Crippen molar-refractivity contribution in [2.24, 2.45) is 0 Å². The molecule has 0 nitrogen and oxygen atoms in total. The van der Waals surface area contributed by atoms with E-state index in [2.05, 4.69) is 95.0 Å². The van der Waals surface area contributed by atoms with Gasteiger partial charge in [0.1, 0.15) is 0 Å². The van der Waals surface area contributed by atoms with E-state index in [4.69, 9.17) is 0 Å². The van der Waals surface area contributed by atoms with Crippen molar-refractivity contribution in [3.8, 4) is 11.8 Å². The Hall–Kier alpha value is -2.00. The first-order valence-electron chi connectivity index (χ1n) is 9.09. The molecule has 0 heterocycles. The van der Waals surface area contributed by atoms with Crippen LogP contribution in [-0.2, 0) is 6.42 Å². The fourth-order valence-electron chi connectivity index (χ4n) is 2.45. The minimum Gasteiger partial charge on any atom is -0.101 e. The third kappa shape index (κ3) is 8.59. The molecule has 2 aromatic carbocycles. The molecule has 2 aromatic rings. The Morgan fingerprint density at radius 2 is 1.20 bits per heavy atom. The smallest absolute Gasteiger partial charge is 0.0245 e. The lowest BCUT2D eigenvalue weighted by molar-refractivity contribution is 0.861. The summed E-state index contributed by atoms with van der Waals surface area (Å²) in [5.74, 6) is 7.16. The van der Waals surface area contributed by atoms with Gasteiger partial charge in [-0.25, -0.2) is 0 Å². The van der Waals surface area contributed by atoms with Gasteiger partial charge >= 0.3 is 0 Å². The summed E-state index contributed by atoms with van der Waals surface area (Å²) in [4.78, 5) is 0. The first-order chi connectivity index (χ1) is 11.5. The zero-order valence-electron chi connectivity index (χ0n) is 16.2. The van der Waals surface area contributed by atoms with E-state index in [0.717, 1.165) is 5.56 Å². The third-order valence-electron chi connectivity index (χ3n) is 4.03. The summed E-state index contributed by atoms with van der Waals surface area (Å²) in [7, 11) is 0. The second-order valence-corrected chi connectivity index (χ2v) is 6.80. The molecule has 0 fully saturated rings. The second kappa shape index (κ2) is 12.4. The van der Waals surface area contributed by atoms with Crippen molar-refractivity contribution in [1.82, 2.24) is 0 Å². The lowest BCUT2D eigenvalue weighted by Crippen LogP contribution is -1.88. The highest BCUT2D eigenvalue weighted by Gasteiger charge is 1.98. The maximum absolute atomic E-state index is 3.02. The maximum Gasteiger partial charge on any atom is 0.0245 e. The van der Waals surface area contributed by atoms with Crippen LogP contribution in [0, 0.1) is 11.8 Å². The first kappa shape index (κ1) is 23.0. The molecule has 0 aliphatic carbocycles. The molecule has 2 rings (SSSR count). The van der Waals surface area contributed by atoms with Crippen LogP contribution in [0.15, 0.2) is 48.5 Å². The summed E-state index contributed by atoms with van der Waals surface area (Å²) in [6.07, 6.45) is 2.44. The molecule has 0 saturated carbocycles. The summed E-state index contributed by atoms with van der Waals surface area (Å²) in [5.41, 5.74) is 5.37. The zero-order chi connectivity index (χ0) is 17.9. The van der Waals surface area contributed by atoms with E-state index in [1.54, 1.807) is 0 Å². The molecule has 0 atom stereocenters. The van der Waals surface area contributed by atoms with E-state index in [0.29, 0.717) is 11.8 Å². The summed E-state index contributed by atoms with van der Waals surface area (Å²) < 4.78 is 0. The van der Waals surface area contributed by atoms with Gasteiger partial charge < -0.3 is 0 Å². The van der Waals surface area contributed by atoms with Gasteiger partial charge in [-0.15, -0.1) is 5.92 Å². The molecule has 0 aliphatic heterocycles. The second-order valence-electron chi connectivity index (χ2n) is 6.80. The van der Waals surface area contributed by atoms with Gasteiger partial charge in [-0.2, -0.15) is 0 Å². The highest BCUT2D eigenvalue weighted by atomic mass is 14.0. The Morgan fingerprint density at radius 1 is 0.760 bits per heavy atom. The molecular weight excluding hydrogens is 300 g/mol. The van der Waals surface area contributed by atoms with Gasteiger partial charge in [-0.3, -0.25) is 0 Å². The van der Waals surface area contributed by atoms with E-state index in [9.17, 15) is 0 Å². The largest absolute Gasteiger partial charge is 0.101 e. The molecule has 0 radical (unpaired) electrons. The molecular formula is C25H36. The molecule has 0 saturated heterocycles. The summed E-state index contributed by atoms with van der Waals surface area (Å²) in [6, 6.07) is 17.4. The van der Waals surface area contributed by atoms with Gasteiger partial charge in [0.25, 0.3) is 0 Å². The monoisotopic (exact) mass is 336 g/mol. The molecule has 0 unspecified atom stereocenters. The van der Waals surface area contributed by atoms with E-state index in [1.807, 2.05) is 6.92 Å². The molecule has 136 valence electrons. The molecule has 0 aromatic heterocycles. The number of hydrogen-bond donors (Lipinski definition) is 0. The highest BCUT2D eigenvalue weighted by molar-refractivity contribution is 5.36. The summed E-state index contributed by atoms with van der Waals surface area (Å²) in [5, 5.41) is 0. The van der Waals surface area contributed by atoms with Crippen molar-refractivity contribution in [2.75, 3.05) is 0 Å². The minimum absolute atomic E-state index is 0. The van der Waals surface area contributed by atoms with Crippen LogP contribution in [0.2, 0.25) is 0 Å². The predicted octanol–water partition coefficient (Wildman–Crippen LogP) is 7.58. The Kier molecular flexibility index (Phi) is 11.4. The number of aryl methyl sites for hydroxylation is 1. The normalized spacial score (nSPS) is 9.60. The fourth-order valence-corrected chi connectivity index (χ4v) is 2.45. The maximum atomic E-state index is 3.02. The molecule has 0 spiro atoms. The van der Waals surface area contributed by atoms with Crippen molar-refractivity contribution in [3.05, 3.63) is 70.8 Å². The lowest BCUT2D eigenvalue weighted by Gasteiger charge is -2.05. The van der Waals surface area contributed by atoms with Crippen LogP contribution in [0.5, 0.6) is 0 Å². The summed E-state index contributed by atoms with van der Waals surface area (Å²) >= 11 is 0. The average Bonchev–Trinajstić information content (AvgIpc) is 2.57. The van der Waals surface area contributed by atoms with Crippen molar-refractivity contribution >= 4 is 0 Å². The van der Waals surface area contributed by atoms with Gasteiger partial charge in [0.15, 0.2) is 0 Å². The van der Waals surface area contributed by atoms with Gasteiger partial charge in [-0.1, -0.05) is 90.8 Å². The molecule has 0 bridgehead atoms. The lowest BCUT2D eigenvalue weighted by atomic mass is 10.0. The van der Waals surface area contributed by atoms with Gasteiger partial charge in [0.05, 0.1) is 0 Å². The molecule has 0 amide bonds. The predicted molar refractivity (Wildman–Crippen MR) is 114 cm³/mol. The number of hydrogen-bond acceptors (Lipinski definition) is 0. The van der Waals surface area contributed by atoms with E-state index in [-0.39, 0.29) is 7.43 Å². The molecule has 0 aliphatic rings. The van der Waals surface area contributed by atoms with E-state index in [1.165, 1.54) is 29.5 Å². The summed E-state index contributed by atoms with van der Waals surface area (Å²) in [6.45, 7) is 12.9. The first-order valence-corrected chi connectivity index (χ1v) is 9.09. The van der Waals surface area contributed by atoms with Crippen LogP contribution in [0.25, 0.3) is 0 Å². The SMILES string of the molecule is C.CC#Cc1ccc(C(C)C)cc1.CCCc1ccc(C(C)C)cc1. The van der Waals surface area contributed by atoms with Crippen LogP contribution < -0.4 is 0 Å². The quantitative estimate of drug-likeness (QED) is 0.505. The van der Waals surface area contributed by atoms with E-state index < -0.39 is 0 Å². The topological polar surface area (TPSA) is 0 Å². The van der Waals surface area contributed by atoms with Crippen molar-refractivity contribution in [2.45, 2.75) is 73.6 Å². The van der Waals surface area contributed by atoms with Crippen LogP contribution in [0.1, 0.15) is 89.5 Å². The highest BCUT2D eigenvalue weighted by Crippen LogP contribution is 2.15. The van der Waals surface area contributed by atoms with Crippen LogP contribution >= 0.6 is 0 Å². The Balaban J connectivity index is 0.000000443. The molecule has 0 heteroatoms. The average molecular weight is 337 g/mol. The third-order valence-corrected chi connectivity index (χ3v) is 4.03. The van der Waals surface area contributed by atoms with Crippen molar-refractivity contribution < 1.29 is 0 Å². The fraction of sp³-hybridized carbons (Fsp3) is 0.440. The number of benzene rings is 2. The molecule has 0 N–H and O–H groups in total. The van der Waals surface area contributed by atoms with Crippen molar-refractivity contribution in [3.63, 3.8) is 0 Å². The van der Waals surface area contributed by atoms with Gasteiger partial charge in [0.2, 0.25) is 0 Å². The van der Waals surface area contributed by atoms with E-state index >= 15 is 0 Å². The number of rotatable bonds is 4. The van der Waals surface area contributed by atoms with Crippen LogP contribution in [0.3, 0.4) is 0 Å². The molecule has 25 heavy (non-hydrogen) atoms. The van der Waals surface area contributed by atoms with Gasteiger partial charge in [-0.05, 0) is 54.0 Å². The van der Waals surface area contributed by atoms with Gasteiger partial charge in [0, 0.05) is 5.56 Å². The Morgan fingerprint density at radius 3 is 1.56 bits per heavy atom.